The van der Waals surface area contributed by atoms with Crippen LogP contribution in [-0.2, 0) is 33.6 Å². The van der Waals surface area contributed by atoms with Gasteiger partial charge in [0.15, 0.2) is 5.82 Å². The highest BCUT2D eigenvalue weighted by Crippen LogP contribution is 2.43. The number of ether oxygens (including phenoxy) is 2. The maximum absolute atomic E-state index is 13.5. The summed E-state index contributed by atoms with van der Waals surface area (Å²) in [5.74, 6) is -1.47. The normalized spacial score (nSPS) is 15.4. The lowest BCUT2D eigenvalue weighted by Gasteiger charge is -2.35. The number of hydrogen-bond donors (Lipinski definition) is 4. The Balaban J connectivity index is 0.000000203. The van der Waals surface area contributed by atoms with Crippen molar-refractivity contribution in [1.29, 1.82) is 0 Å². The molecule has 0 unspecified atom stereocenters. The molecule has 4 heterocycles. The van der Waals surface area contributed by atoms with Gasteiger partial charge < -0.3 is 39.9 Å². The van der Waals surface area contributed by atoms with Crippen LogP contribution in [0.5, 0.6) is 0 Å². The molecule has 2 aromatic heterocycles. The molecule has 4 amide bonds. The minimum atomic E-state index is -0.888. The number of nitrogens with zero attached hydrogens (tertiary/aromatic N) is 7. The molecule has 8 rings (SSSR count). The van der Waals surface area contributed by atoms with E-state index in [0.717, 1.165) is 33.6 Å². The molecule has 0 saturated heterocycles. The number of aromatic amines is 1. The fourth-order valence-electron chi connectivity index (χ4n) is 8.52. The van der Waals surface area contributed by atoms with Gasteiger partial charge in [0.25, 0.3) is 11.8 Å². The van der Waals surface area contributed by atoms with E-state index in [1.807, 2.05) is 126 Å². The van der Waals surface area contributed by atoms with Crippen LogP contribution < -0.4 is 10.6 Å². The summed E-state index contributed by atoms with van der Waals surface area (Å²) in [6, 6.07) is 29.7. The Labute approximate surface area is 445 Å². The summed E-state index contributed by atoms with van der Waals surface area (Å²) in [6.07, 6.45) is -2.11. The standard InChI is InChI=1S/C26H30FN5O3.C18H18ClFN4O4.C11H17NO/c1-16(31(4)5)21(17-9-7-6-8-10-17)35-25(34)32-15-20-22(26(32,2)3)29-30-23(20)28-24(33)18-11-13-19(27)14-12-18;1-4-28-17(27)24-14(21-15(25)10-5-7-11(20)8-6-10)12-9-23(16(19)26)18(2,3)13(12)22-24;1-9(12(2)3)11(13)10-7-5-4-6-8-10/h6-14,16,21H,15H2,1-5H3,(H2,28,29,30,33);5-8H,4,9H2,1-3H3,(H,21,25);4-9,11,13H,1-3H3/t16-,21+;;9-,11+/m0.0/s1. The molecule has 404 valence electrons. The zero-order chi connectivity index (χ0) is 55.8. The minimum absolute atomic E-state index is 0.0582. The summed E-state index contributed by atoms with van der Waals surface area (Å²) in [5.41, 5.74) is 3.08. The first-order valence-corrected chi connectivity index (χ1v) is 24.8. The number of anilines is 2. The van der Waals surface area contributed by atoms with Crippen molar-refractivity contribution in [1.82, 2.24) is 39.6 Å². The van der Waals surface area contributed by atoms with Crippen molar-refractivity contribution in [3.63, 3.8) is 0 Å². The third kappa shape index (κ3) is 12.9. The smallest absolute Gasteiger partial charge is 0.436 e. The number of halogens is 3. The number of benzene rings is 4. The molecule has 4 N–H and O–H groups in total. The molecule has 76 heavy (non-hydrogen) atoms. The van der Waals surface area contributed by atoms with Crippen LogP contribution in [0.15, 0.2) is 109 Å². The monoisotopic (exact) mass is 1070 g/mol. The Morgan fingerprint density at radius 2 is 1.21 bits per heavy atom. The zero-order valence-corrected chi connectivity index (χ0v) is 45.1. The molecule has 21 heteroatoms. The number of carbonyl (C=O) groups excluding carboxylic acids is 5. The first-order chi connectivity index (χ1) is 35.9. The number of nitrogens with one attached hydrogen (secondary N) is 3. The van der Waals surface area contributed by atoms with Gasteiger partial charge >= 0.3 is 17.6 Å². The Morgan fingerprint density at radius 1 is 0.711 bits per heavy atom. The number of aliphatic hydroxyl groups is 1. The lowest BCUT2D eigenvalue weighted by atomic mass is 10.0. The van der Waals surface area contributed by atoms with E-state index in [0.29, 0.717) is 28.2 Å². The molecule has 4 atom stereocenters. The van der Waals surface area contributed by atoms with Crippen molar-refractivity contribution in [2.24, 2.45) is 0 Å². The second-order valence-corrected chi connectivity index (χ2v) is 20.0. The summed E-state index contributed by atoms with van der Waals surface area (Å²) in [5, 5.41) is 26.1. The van der Waals surface area contributed by atoms with Crippen molar-refractivity contribution >= 4 is 52.6 Å². The van der Waals surface area contributed by atoms with Crippen LogP contribution >= 0.6 is 11.6 Å². The van der Waals surface area contributed by atoms with Gasteiger partial charge in [-0.05, 0) is 148 Å². The molecule has 4 aromatic carbocycles. The van der Waals surface area contributed by atoms with Crippen molar-refractivity contribution in [2.45, 2.75) is 96.9 Å². The average Bonchev–Trinajstić information content (AvgIpc) is 4.15. The number of hydrogen-bond acceptors (Lipinski definition) is 12. The zero-order valence-electron chi connectivity index (χ0n) is 44.4. The summed E-state index contributed by atoms with van der Waals surface area (Å²) < 4.78 is 38.3. The lowest BCUT2D eigenvalue weighted by molar-refractivity contribution is 0.00712. The molecule has 2 aliphatic rings. The average molecular weight is 1070 g/mol. The van der Waals surface area contributed by atoms with E-state index >= 15 is 0 Å². The van der Waals surface area contributed by atoms with Crippen LogP contribution in [-0.4, -0.2) is 121 Å². The van der Waals surface area contributed by atoms with Crippen LogP contribution in [0, 0.1) is 11.6 Å². The van der Waals surface area contributed by atoms with E-state index in [2.05, 4.69) is 25.9 Å². The van der Waals surface area contributed by atoms with Gasteiger partial charge in [0.05, 0.1) is 48.3 Å². The Bertz CT molecular complexity index is 2990. The van der Waals surface area contributed by atoms with Gasteiger partial charge in [-0.3, -0.25) is 24.4 Å². The third-order valence-corrected chi connectivity index (χ3v) is 13.8. The van der Waals surface area contributed by atoms with Gasteiger partial charge in [0, 0.05) is 34.3 Å². The number of aromatic nitrogens is 4. The maximum atomic E-state index is 13.5. The number of carbonyl (C=O) groups is 5. The number of aliphatic hydroxyl groups excluding tert-OH is 1. The Hall–Kier alpha value is -7.52. The minimum Gasteiger partial charge on any atom is -0.448 e. The third-order valence-electron chi connectivity index (χ3n) is 13.6. The molecule has 0 radical (unpaired) electrons. The van der Waals surface area contributed by atoms with E-state index in [4.69, 9.17) is 21.1 Å². The fraction of sp³-hybridized carbons (Fsp3) is 0.364. The van der Waals surface area contributed by atoms with Gasteiger partial charge in [-0.2, -0.15) is 10.2 Å². The van der Waals surface area contributed by atoms with E-state index in [-0.39, 0.29) is 43.2 Å². The number of H-pyrrole nitrogens is 1. The van der Waals surface area contributed by atoms with Crippen LogP contribution in [0.3, 0.4) is 0 Å². The SMILES string of the molecule is CCOC(=O)n1nc2c(c1NC(=O)c1ccc(F)cc1)CN(C(=O)Cl)C2(C)C.C[C@@H]([C@@H](O)c1ccccc1)N(C)C.C[C@@H]([C@@H](OC(=O)N1Cc2c(NC(=O)c3ccc(F)cc3)n[nH]c2C1(C)C)c1ccccc1)N(C)C. The van der Waals surface area contributed by atoms with Crippen molar-refractivity contribution in [3.05, 3.63) is 166 Å². The molecular weight excluding hydrogens is 1000 g/mol. The molecule has 0 saturated carbocycles. The van der Waals surface area contributed by atoms with Crippen LogP contribution in [0.2, 0.25) is 0 Å². The lowest BCUT2D eigenvalue weighted by Crippen LogP contribution is -2.43. The largest absolute Gasteiger partial charge is 0.448 e. The molecular formula is C55H65ClF2N10O8. The van der Waals surface area contributed by atoms with Gasteiger partial charge in [-0.1, -0.05) is 60.7 Å². The molecule has 6 aromatic rings. The van der Waals surface area contributed by atoms with Gasteiger partial charge in [0.1, 0.15) is 23.6 Å². The summed E-state index contributed by atoms with van der Waals surface area (Å²) in [6.45, 7) is 13.3. The molecule has 0 aliphatic carbocycles. The number of rotatable bonds is 12. The predicted octanol–water partition coefficient (Wildman–Crippen LogP) is 10.0. The topological polar surface area (TPSA) is 208 Å². The van der Waals surface area contributed by atoms with E-state index in [9.17, 15) is 37.9 Å². The first kappa shape index (κ1) is 57.8. The van der Waals surface area contributed by atoms with E-state index in [1.54, 1.807) is 25.7 Å². The molecule has 0 spiro atoms. The number of fused-ring (bicyclic) bond motifs is 2. The summed E-state index contributed by atoms with van der Waals surface area (Å²) in [7, 11) is 7.83. The van der Waals surface area contributed by atoms with E-state index < -0.39 is 64.3 Å². The molecule has 18 nitrogen and oxygen atoms in total. The van der Waals surface area contributed by atoms with Crippen LogP contribution in [0.1, 0.15) is 115 Å². The van der Waals surface area contributed by atoms with Gasteiger partial charge in [0.2, 0.25) is 0 Å². The number of amides is 4. The molecule has 0 bridgehead atoms. The summed E-state index contributed by atoms with van der Waals surface area (Å²) in [4.78, 5) is 69.8. The predicted molar refractivity (Wildman–Crippen MR) is 284 cm³/mol. The second-order valence-electron chi connectivity index (χ2n) is 19.7. The molecule has 0 fully saturated rings. The number of likely N-dealkylation sites (N-methyl/N-ethyl adjacent to an activating group) is 2. The van der Waals surface area contributed by atoms with Crippen molar-refractivity contribution in [2.75, 3.05) is 45.4 Å². The highest BCUT2D eigenvalue weighted by atomic mass is 35.5. The Kier molecular flexibility index (Phi) is 18.6. The first-order valence-electron chi connectivity index (χ1n) is 24.5. The highest BCUT2D eigenvalue weighted by molar-refractivity contribution is 6.62. The molecule has 2 aliphatic heterocycles. The van der Waals surface area contributed by atoms with E-state index in [1.165, 1.54) is 41.3 Å². The maximum Gasteiger partial charge on any atom is 0.436 e. The van der Waals surface area contributed by atoms with Crippen molar-refractivity contribution < 1.29 is 47.3 Å². The van der Waals surface area contributed by atoms with Crippen molar-refractivity contribution in [3.8, 4) is 0 Å². The van der Waals surface area contributed by atoms with Gasteiger partial charge in [-0.25, -0.2) is 18.4 Å². The summed E-state index contributed by atoms with van der Waals surface area (Å²) >= 11 is 5.67. The van der Waals surface area contributed by atoms with Gasteiger partial charge in [-0.15, -0.1) is 4.68 Å². The van der Waals surface area contributed by atoms with Crippen LogP contribution in [0.4, 0.5) is 34.8 Å². The van der Waals surface area contributed by atoms with Crippen LogP contribution in [0.25, 0.3) is 0 Å². The Morgan fingerprint density at radius 3 is 1.71 bits per heavy atom. The quantitative estimate of drug-likeness (QED) is 0.0667. The highest BCUT2D eigenvalue weighted by Gasteiger charge is 2.47. The second kappa shape index (κ2) is 24.4. The fourth-order valence-corrected chi connectivity index (χ4v) is 8.79.